The van der Waals surface area contributed by atoms with E-state index in [-0.39, 0.29) is 18.9 Å². The van der Waals surface area contributed by atoms with Crippen molar-refractivity contribution in [2.75, 3.05) is 6.54 Å². The fraction of sp³-hybridized carbons (Fsp3) is 0.600. The van der Waals surface area contributed by atoms with Crippen LogP contribution in [0.1, 0.15) is 53.0 Å². The number of para-hydroxylation sites is 1. The van der Waals surface area contributed by atoms with Crippen LogP contribution in [0.25, 0.3) is 0 Å². The molecule has 1 aromatic rings. The first-order valence-corrected chi connectivity index (χ1v) is 11.3. The van der Waals surface area contributed by atoms with Gasteiger partial charge in [-0.3, -0.25) is 10.2 Å². The highest BCUT2D eigenvalue weighted by atomic mass is 32.2. The molecule has 0 saturated carbocycles. The quantitative estimate of drug-likeness (QED) is 0.234. The lowest BCUT2D eigenvalue weighted by Crippen LogP contribution is -2.66. The molecule has 0 radical (unpaired) electrons. The number of carboxylic acid groups (broad SMARTS) is 1. The third-order valence-electron chi connectivity index (χ3n) is 6.66. The van der Waals surface area contributed by atoms with Crippen LogP contribution in [0.5, 0.6) is 5.75 Å². The number of ether oxygens (including phenoxy) is 1. The number of rotatable bonds is 8. The zero-order valence-corrected chi connectivity index (χ0v) is 18.9. The Morgan fingerprint density at radius 2 is 1.83 bits per heavy atom. The Bertz CT molecular complexity index is 929. The molecule has 0 amide bonds. The molecule has 10 heteroatoms. The fourth-order valence-corrected chi connectivity index (χ4v) is 5.71. The summed E-state index contributed by atoms with van der Waals surface area (Å²) in [6.07, 6.45) is 0.347. The molecule has 168 valence electrons. The van der Waals surface area contributed by atoms with E-state index in [1.165, 1.54) is 6.92 Å². The normalized spacial score (nSPS) is 23.0. The van der Waals surface area contributed by atoms with Gasteiger partial charge < -0.3 is 20.9 Å². The van der Waals surface area contributed by atoms with E-state index in [1.807, 2.05) is 39.8 Å². The summed E-state index contributed by atoms with van der Waals surface area (Å²) in [7, 11) is -4.24. The SMILES string of the molecule is CC1(C)c2ccccc2OC(C)(S(=O)(=O)NC(CCCNC(=N)N)C(=O)O)C1(C)C. The largest absolute Gasteiger partial charge is 0.480 e. The molecule has 0 saturated heterocycles. The van der Waals surface area contributed by atoms with Crippen molar-refractivity contribution >= 4 is 22.0 Å². The van der Waals surface area contributed by atoms with Gasteiger partial charge in [-0.25, -0.2) is 8.42 Å². The van der Waals surface area contributed by atoms with Crippen LogP contribution in [0, 0.1) is 10.8 Å². The molecule has 0 fully saturated rings. The highest BCUT2D eigenvalue weighted by Crippen LogP contribution is 2.57. The minimum Gasteiger partial charge on any atom is -0.480 e. The van der Waals surface area contributed by atoms with E-state index >= 15 is 0 Å². The van der Waals surface area contributed by atoms with Gasteiger partial charge in [-0.05, 0) is 25.8 Å². The number of nitrogens with two attached hydrogens (primary N) is 1. The van der Waals surface area contributed by atoms with Crippen molar-refractivity contribution in [3.8, 4) is 5.75 Å². The topological polar surface area (TPSA) is 155 Å². The molecule has 1 aliphatic rings. The third kappa shape index (κ3) is 3.98. The first-order chi connectivity index (χ1) is 13.7. The number of benzene rings is 1. The van der Waals surface area contributed by atoms with E-state index in [0.29, 0.717) is 12.2 Å². The number of nitrogens with one attached hydrogen (secondary N) is 3. The van der Waals surface area contributed by atoms with Gasteiger partial charge in [0.2, 0.25) is 4.93 Å². The van der Waals surface area contributed by atoms with Gasteiger partial charge in [0, 0.05) is 22.9 Å². The first-order valence-electron chi connectivity index (χ1n) is 9.78. The van der Waals surface area contributed by atoms with Crippen molar-refractivity contribution in [2.45, 2.75) is 63.9 Å². The summed E-state index contributed by atoms with van der Waals surface area (Å²) in [5, 5.41) is 19.3. The number of sulfonamides is 1. The maximum absolute atomic E-state index is 13.5. The number of hydrogen-bond acceptors (Lipinski definition) is 5. The summed E-state index contributed by atoms with van der Waals surface area (Å²) < 4.78 is 35.4. The summed E-state index contributed by atoms with van der Waals surface area (Å²) in [4.78, 5) is 10.0. The molecule has 0 aromatic heterocycles. The third-order valence-corrected chi connectivity index (χ3v) is 8.87. The Kier molecular flexibility index (Phi) is 6.44. The average molecular weight is 441 g/mol. The number of fused-ring (bicyclic) bond motifs is 1. The predicted octanol–water partition coefficient (Wildman–Crippen LogP) is 1.73. The van der Waals surface area contributed by atoms with Gasteiger partial charge in [-0.2, -0.15) is 4.72 Å². The van der Waals surface area contributed by atoms with E-state index in [9.17, 15) is 18.3 Å². The van der Waals surface area contributed by atoms with Crippen LogP contribution >= 0.6 is 0 Å². The molecule has 6 N–H and O–H groups in total. The van der Waals surface area contributed by atoms with Crippen molar-refractivity contribution in [1.29, 1.82) is 5.41 Å². The maximum atomic E-state index is 13.5. The van der Waals surface area contributed by atoms with Crippen LogP contribution in [-0.4, -0.2) is 43.0 Å². The molecule has 1 heterocycles. The molecule has 0 aliphatic carbocycles. The van der Waals surface area contributed by atoms with Gasteiger partial charge in [-0.1, -0.05) is 45.9 Å². The van der Waals surface area contributed by atoms with Crippen LogP contribution in [0.2, 0.25) is 0 Å². The second kappa shape index (κ2) is 8.07. The average Bonchev–Trinajstić information content (AvgIpc) is 2.62. The van der Waals surface area contributed by atoms with Crippen molar-refractivity contribution in [3.05, 3.63) is 29.8 Å². The van der Waals surface area contributed by atoms with Crippen LogP contribution in [-0.2, 0) is 20.2 Å². The summed E-state index contributed by atoms with van der Waals surface area (Å²) in [6.45, 7) is 9.31. The Labute approximate surface area is 177 Å². The van der Waals surface area contributed by atoms with E-state index in [1.54, 1.807) is 12.1 Å². The lowest BCUT2D eigenvalue weighted by Gasteiger charge is -2.56. The van der Waals surface area contributed by atoms with E-state index in [2.05, 4.69) is 10.0 Å². The molecule has 9 nitrogen and oxygen atoms in total. The first kappa shape index (κ1) is 23.9. The van der Waals surface area contributed by atoms with Gasteiger partial charge in [0.05, 0.1) is 0 Å². The molecule has 0 bridgehead atoms. The van der Waals surface area contributed by atoms with Gasteiger partial charge >= 0.3 is 5.97 Å². The van der Waals surface area contributed by atoms with Crippen molar-refractivity contribution in [1.82, 2.24) is 10.0 Å². The smallest absolute Gasteiger partial charge is 0.321 e. The monoisotopic (exact) mass is 440 g/mol. The van der Waals surface area contributed by atoms with Crippen LogP contribution < -0.4 is 20.5 Å². The Balaban J connectivity index is 2.37. The lowest BCUT2D eigenvalue weighted by atomic mass is 9.60. The second-order valence-electron chi connectivity index (χ2n) is 8.79. The lowest BCUT2D eigenvalue weighted by molar-refractivity contribution is -0.139. The summed E-state index contributed by atoms with van der Waals surface area (Å²) in [5.74, 6) is -1.04. The maximum Gasteiger partial charge on any atom is 0.321 e. The van der Waals surface area contributed by atoms with Crippen molar-refractivity contribution in [2.24, 2.45) is 11.1 Å². The summed E-state index contributed by atoms with van der Waals surface area (Å²) in [6, 6.07) is 5.96. The molecule has 1 aliphatic heterocycles. The molecule has 2 unspecified atom stereocenters. The highest BCUT2D eigenvalue weighted by Gasteiger charge is 2.64. The molecule has 2 atom stereocenters. The van der Waals surface area contributed by atoms with E-state index in [0.717, 1.165) is 5.56 Å². The molecular weight excluding hydrogens is 408 g/mol. The van der Waals surface area contributed by atoms with Gasteiger partial charge in [0.15, 0.2) is 5.96 Å². The predicted molar refractivity (Wildman–Crippen MR) is 115 cm³/mol. The van der Waals surface area contributed by atoms with Crippen molar-refractivity contribution < 1.29 is 23.1 Å². The van der Waals surface area contributed by atoms with E-state index in [4.69, 9.17) is 15.9 Å². The summed E-state index contributed by atoms with van der Waals surface area (Å²) in [5.41, 5.74) is 4.63. The molecule has 30 heavy (non-hydrogen) atoms. The zero-order chi connectivity index (χ0) is 23.0. The number of hydrogen-bond donors (Lipinski definition) is 5. The number of carboxylic acids is 1. The molecular formula is C20H32N4O5S. The standard InChI is InChI=1S/C20H32N4O5S/c1-18(2)13-9-6-7-11-15(13)29-20(5,19(18,3)4)30(27,28)24-14(16(25)26)10-8-12-23-17(21)22/h6-7,9,11,14,24H,8,10,12H2,1-5H3,(H,25,26)(H4,21,22,23). The minimum atomic E-state index is -4.24. The van der Waals surface area contributed by atoms with E-state index < -0.39 is 37.8 Å². The number of guanidine groups is 1. The van der Waals surface area contributed by atoms with Gasteiger partial charge in [0.25, 0.3) is 10.0 Å². The fourth-order valence-electron chi connectivity index (χ4n) is 3.77. The van der Waals surface area contributed by atoms with Gasteiger partial charge in [0.1, 0.15) is 11.8 Å². The second-order valence-corrected chi connectivity index (χ2v) is 10.8. The number of aliphatic carboxylic acids is 1. The van der Waals surface area contributed by atoms with Crippen LogP contribution in [0.3, 0.4) is 0 Å². The minimum absolute atomic E-state index is 0.0331. The Hall–Kier alpha value is -2.33. The molecule has 0 spiro atoms. The van der Waals surface area contributed by atoms with Gasteiger partial charge in [-0.15, -0.1) is 0 Å². The van der Waals surface area contributed by atoms with Crippen LogP contribution in [0.15, 0.2) is 24.3 Å². The number of carbonyl (C=O) groups is 1. The summed E-state index contributed by atoms with van der Waals surface area (Å²) >= 11 is 0. The Morgan fingerprint density at radius 3 is 2.40 bits per heavy atom. The molecule has 1 aromatic carbocycles. The van der Waals surface area contributed by atoms with Crippen molar-refractivity contribution in [3.63, 3.8) is 0 Å². The van der Waals surface area contributed by atoms with Crippen LogP contribution in [0.4, 0.5) is 0 Å². The zero-order valence-electron chi connectivity index (χ0n) is 18.1. The molecule has 2 rings (SSSR count). The highest BCUT2D eigenvalue weighted by molar-refractivity contribution is 7.90. The Morgan fingerprint density at radius 1 is 1.23 bits per heavy atom.